The van der Waals surface area contributed by atoms with Crippen LogP contribution in [0.4, 0.5) is 0 Å². The third kappa shape index (κ3) is 3.80. The molecule has 2 aromatic rings. The maximum atomic E-state index is 12.4. The number of nitrogens with zero attached hydrogens (tertiary/aromatic N) is 3. The Kier molecular flexibility index (Phi) is 4.71. The predicted molar refractivity (Wildman–Crippen MR) is 99.1 cm³/mol. The van der Waals surface area contributed by atoms with Gasteiger partial charge in [-0.2, -0.15) is 0 Å². The molecule has 0 aromatic carbocycles. The van der Waals surface area contributed by atoms with Crippen molar-refractivity contribution >= 4 is 27.3 Å². The Labute approximate surface area is 157 Å². The van der Waals surface area contributed by atoms with E-state index in [4.69, 9.17) is 5.73 Å². The first kappa shape index (κ1) is 19.3. The van der Waals surface area contributed by atoms with Gasteiger partial charge < -0.3 is 11.1 Å². The molecule has 1 unspecified atom stereocenters. The van der Waals surface area contributed by atoms with Crippen molar-refractivity contribution in [2.75, 3.05) is 11.5 Å². The van der Waals surface area contributed by atoms with Gasteiger partial charge in [0.15, 0.2) is 21.2 Å². The van der Waals surface area contributed by atoms with E-state index in [0.29, 0.717) is 24.2 Å². The SMILES string of the molecule is Cc1nc2c(C(N)=O)ncn2c(C)c1CCC(=O)NC1(C)CCS(=O)(=O)C1. The molecule has 1 aliphatic rings. The first-order chi connectivity index (χ1) is 12.5. The molecule has 0 spiro atoms. The predicted octanol–water partition coefficient (Wildman–Crippen LogP) is 0.0710. The van der Waals surface area contributed by atoms with E-state index in [0.717, 1.165) is 11.3 Å². The number of rotatable bonds is 5. The van der Waals surface area contributed by atoms with Crippen molar-refractivity contribution in [3.05, 3.63) is 29.0 Å². The molecule has 0 saturated carbocycles. The minimum Gasteiger partial charge on any atom is -0.364 e. The molecule has 0 radical (unpaired) electrons. The summed E-state index contributed by atoms with van der Waals surface area (Å²) in [5.74, 6) is -0.763. The van der Waals surface area contributed by atoms with Gasteiger partial charge in [0.25, 0.3) is 5.91 Å². The van der Waals surface area contributed by atoms with Crippen LogP contribution in [0, 0.1) is 13.8 Å². The number of nitrogens with two attached hydrogens (primary N) is 1. The Balaban J connectivity index is 1.75. The summed E-state index contributed by atoms with van der Waals surface area (Å²) in [5, 5.41) is 2.86. The number of sulfone groups is 1. The van der Waals surface area contributed by atoms with Gasteiger partial charge in [-0.3, -0.25) is 14.0 Å². The summed E-state index contributed by atoms with van der Waals surface area (Å²) in [6, 6.07) is 0. The van der Waals surface area contributed by atoms with E-state index < -0.39 is 21.3 Å². The van der Waals surface area contributed by atoms with Gasteiger partial charge >= 0.3 is 0 Å². The lowest BCUT2D eigenvalue weighted by Crippen LogP contribution is -2.47. The molecule has 0 aliphatic carbocycles. The van der Waals surface area contributed by atoms with Crippen LogP contribution >= 0.6 is 0 Å². The maximum Gasteiger partial charge on any atom is 0.271 e. The van der Waals surface area contributed by atoms with Gasteiger partial charge in [-0.05, 0) is 39.2 Å². The van der Waals surface area contributed by atoms with Crippen LogP contribution in [-0.4, -0.2) is 51.6 Å². The minimum absolute atomic E-state index is 0.0256. The highest BCUT2D eigenvalue weighted by molar-refractivity contribution is 7.91. The zero-order valence-corrected chi connectivity index (χ0v) is 16.4. The molecule has 9 nitrogen and oxygen atoms in total. The molecule has 10 heteroatoms. The van der Waals surface area contributed by atoms with Gasteiger partial charge in [0.1, 0.15) is 6.33 Å². The molecule has 3 N–H and O–H groups in total. The molecule has 146 valence electrons. The summed E-state index contributed by atoms with van der Waals surface area (Å²) >= 11 is 0. The van der Waals surface area contributed by atoms with Crippen LogP contribution in [0.3, 0.4) is 0 Å². The second-order valence-electron chi connectivity index (χ2n) is 7.36. The molecule has 1 saturated heterocycles. The second-order valence-corrected chi connectivity index (χ2v) is 9.55. The first-order valence-electron chi connectivity index (χ1n) is 8.66. The molecule has 1 aliphatic heterocycles. The van der Waals surface area contributed by atoms with Crippen LogP contribution in [0.2, 0.25) is 0 Å². The van der Waals surface area contributed by atoms with Gasteiger partial charge in [0.2, 0.25) is 5.91 Å². The van der Waals surface area contributed by atoms with Crippen molar-refractivity contribution < 1.29 is 18.0 Å². The smallest absolute Gasteiger partial charge is 0.271 e. The van der Waals surface area contributed by atoms with E-state index in [-0.39, 0.29) is 29.5 Å². The number of aromatic nitrogens is 3. The topological polar surface area (TPSA) is 137 Å². The number of fused-ring (bicyclic) bond motifs is 1. The van der Waals surface area contributed by atoms with E-state index in [2.05, 4.69) is 15.3 Å². The summed E-state index contributed by atoms with van der Waals surface area (Å²) in [7, 11) is -3.08. The van der Waals surface area contributed by atoms with Crippen LogP contribution in [0.25, 0.3) is 5.65 Å². The van der Waals surface area contributed by atoms with E-state index in [1.165, 1.54) is 6.33 Å². The third-order valence-corrected chi connectivity index (χ3v) is 6.93. The fourth-order valence-corrected chi connectivity index (χ4v) is 5.70. The molecule has 27 heavy (non-hydrogen) atoms. The average molecular weight is 393 g/mol. The Morgan fingerprint density at radius 3 is 2.67 bits per heavy atom. The van der Waals surface area contributed by atoms with Gasteiger partial charge in [-0.15, -0.1) is 0 Å². The van der Waals surface area contributed by atoms with Crippen LogP contribution in [0.5, 0.6) is 0 Å². The molecule has 1 atom stereocenters. The number of carbonyl (C=O) groups is 2. The zero-order chi connectivity index (χ0) is 20.0. The highest BCUT2D eigenvalue weighted by Crippen LogP contribution is 2.23. The van der Waals surface area contributed by atoms with Gasteiger partial charge in [0.05, 0.1) is 17.0 Å². The quantitative estimate of drug-likeness (QED) is 0.738. The summed E-state index contributed by atoms with van der Waals surface area (Å²) in [6.45, 7) is 5.44. The number of amides is 2. The fraction of sp³-hybridized carbons (Fsp3) is 0.529. The molecule has 3 heterocycles. The Morgan fingerprint density at radius 2 is 2.07 bits per heavy atom. The highest BCUT2D eigenvalue weighted by atomic mass is 32.2. The van der Waals surface area contributed by atoms with Gasteiger partial charge in [0, 0.05) is 17.8 Å². The molecule has 2 amide bonds. The first-order valence-corrected chi connectivity index (χ1v) is 10.5. The van der Waals surface area contributed by atoms with E-state index in [1.807, 2.05) is 13.8 Å². The molecular weight excluding hydrogens is 370 g/mol. The van der Waals surface area contributed by atoms with E-state index in [9.17, 15) is 18.0 Å². The number of nitrogens with one attached hydrogen (secondary N) is 1. The number of imidazole rings is 1. The van der Waals surface area contributed by atoms with Crippen molar-refractivity contribution in [2.24, 2.45) is 5.73 Å². The molecular formula is C17H23N5O4S. The average Bonchev–Trinajstić information content (AvgIpc) is 3.07. The monoisotopic (exact) mass is 393 g/mol. The van der Waals surface area contributed by atoms with Crippen LogP contribution in [-0.2, 0) is 21.1 Å². The molecule has 1 fully saturated rings. The van der Waals surface area contributed by atoms with E-state index >= 15 is 0 Å². The van der Waals surface area contributed by atoms with Crippen LogP contribution in [0.1, 0.15) is 47.2 Å². The van der Waals surface area contributed by atoms with E-state index in [1.54, 1.807) is 11.3 Å². The number of hydrogen-bond acceptors (Lipinski definition) is 6. The third-order valence-electron chi connectivity index (χ3n) is 5.03. The van der Waals surface area contributed by atoms with Crippen LogP contribution in [0.15, 0.2) is 6.33 Å². The number of primary amides is 1. The zero-order valence-electron chi connectivity index (χ0n) is 15.6. The number of carbonyl (C=O) groups excluding carboxylic acids is 2. The normalized spacial score (nSPS) is 21.4. The maximum absolute atomic E-state index is 12.4. The summed E-state index contributed by atoms with van der Waals surface area (Å²) < 4.78 is 25.0. The van der Waals surface area contributed by atoms with Crippen molar-refractivity contribution in [3.8, 4) is 0 Å². The molecule has 0 bridgehead atoms. The van der Waals surface area contributed by atoms with Gasteiger partial charge in [-0.25, -0.2) is 18.4 Å². The van der Waals surface area contributed by atoms with Crippen molar-refractivity contribution in [1.29, 1.82) is 0 Å². The summed E-state index contributed by atoms with van der Waals surface area (Å²) in [6.07, 6.45) is 2.57. The van der Waals surface area contributed by atoms with Crippen molar-refractivity contribution in [2.45, 2.75) is 45.6 Å². The highest BCUT2D eigenvalue weighted by Gasteiger charge is 2.39. The Hall–Kier alpha value is -2.49. The summed E-state index contributed by atoms with van der Waals surface area (Å²) in [4.78, 5) is 32.2. The van der Waals surface area contributed by atoms with Gasteiger partial charge in [-0.1, -0.05) is 0 Å². The lowest BCUT2D eigenvalue weighted by Gasteiger charge is -2.24. The Bertz CT molecular complexity index is 1040. The number of hydrogen-bond donors (Lipinski definition) is 2. The summed E-state index contributed by atoms with van der Waals surface area (Å²) in [5.41, 5.74) is 7.54. The number of aryl methyl sites for hydroxylation is 2. The standard InChI is InChI=1S/C17H23N5O4S/c1-10-12(11(2)22-9-19-14(15(18)24)16(22)20-10)4-5-13(23)21-17(3)6-7-27(25,26)8-17/h9H,4-8H2,1-3H3,(H2,18,24)(H,21,23). The molecule has 2 aromatic heterocycles. The Morgan fingerprint density at radius 1 is 1.37 bits per heavy atom. The minimum atomic E-state index is -3.08. The second kappa shape index (κ2) is 6.59. The largest absolute Gasteiger partial charge is 0.364 e. The lowest BCUT2D eigenvalue weighted by atomic mass is 10.0. The molecule has 3 rings (SSSR count). The van der Waals surface area contributed by atoms with Crippen LogP contribution < -0.4 is 11.1 Å². The van der Waals surface area contributed by atoms with Crippen molar-refractivity contribution in [1.82, 2.24) is 19.7 Å². The van der Waals surface area contributed by atoms with Crippen molar-refractivity contribution in [3.63, 3.8) is 0 Å². The lowest BCUT2D eigenvalue weighted by molar-refractivity contribution is -0.122. The fourth-order valence-electron chi connectivity index (χ4n) is 3.61.